The lowest BCUT2D eigenvalue weighted by atomic mass is 10.1. The van der Waals surface area contributed by atoms with E-state index in [4.69, 9.17) is 16.1 Å². The first kappa shape index (κ1) is 11.2. The van der Waals surface area contributed by atoms with Gasteiger partial charge in [0.25, 0.3) is 0 Å². The molecular weight excluding hydrogens is 345 g/mol. The largest absolute Gasteiger partial charge is 0.360 e. The number of hydrogen-bond acceptors (Lipinski definition) is 2. The summed E-state index contributed by atoms with van der Waals surface area (Å²) in [5, 5.41) is 5.25. The summed E-state index contributed by atoms with van der Waals surface area (Å²) >= 11 is 12.8. The second kappa shape index (κ2) is 4.68. The van der Waals surface area contributed by atoms with Crippen molar-refractivity contribution in [3.63, 3.8) is 0 Å². The molecule has 0 spiro atoms. The standard InChI is InChI=1S/C10H6Br2ClNO/c11-5-7-4-10(14-15-7)8-3-6(12)1-2-9(8)13/h1-4H,5H2. The van der Waals surface area contributed by atoms with Crippen LogP contribution in [0.5, 0.6) is 0 Å². The summed E-state index contributed by atoms with van der Waals surface area (Å²) < 4.78 is 6.06. The van der Waals surface area contributed by atoms with Gasteiger partial charge >= 0.3 is 0 Å². The minimum atomic E-state index is 0.644. The fourth-order valence-electron chi connectivity index (χ4n) is 1.20. The number of hydrogen-bond donors (Lipinski definition) is 0. The number of halogens is 3. The molecule has 0 fully saturated rings. The van der Waals surface area contributed by atoms with E-state index in [1.807, 2.05) is 24.3 Å². The van der Waals surface area contributed by atoms with Crippen molar-refractivity contribution in [2.24, 2.45) is 0 Å². The number of nitrogens with zero attached hydrogens (tertiary/aromatic N) is 1. The number of aromatic nitrogens is 1. The van der Waals surface area contributed by atoms with Crippen molar-refractivity contribution < 1.29 is 4.52 Å². The van der Waals surface area contributed by atoms with Gasteiger partial charge in [-0.2, -0.15) is 0 Å². The van der Waals surface area contributed by atoms with E-state index in [1.165, 1.54) is 0 Å². The van der Waals surface area contributed by atoms with Gasteiger partial charge in [0.05, 0.1) is 10.4 Å². The summed E-state index contributed by atoms with van der Waals surface area (Å²) in [4.78, 5) is 0. The van der Waals surface area contributed by atoms with Gasteiger partial charge in [0.2, 0.25) is 0 Å². The van der Waals surface area contributed by atoms with Crippen molar-refractivity contribution in [3.05, 3.63) is 39.5 Å². The lowest BCUT2D eigenvalue weighted by Crippen LogP contribution is -1.79. The van der Waals surface area contributed by atoms with Crippen LogP contribution in [0.2, 0.25) is 5.02 Å². The van der Waals surface area contributed by atoms with Crippen molar-refractivity contribution in [3.8, 4) is 11.3 Å². The highest BCUT2D eigenvalue weighted by molar-refractivity contribution is 9.10. The molecule has 1 aromatic carbocycles. The maximum atomic E-state index is 6.07. The van der Waals surface area contributed by atoms with E-state index in [1.54, 1.807) is 0 Å². The lowest BCUT2D eigenvalue weighted by molar-refractivity contribution is 0.398. The molecular formula is C10H6Br2ClNO. The van der Waals surface area contributed by atoms with Gasteiger partial charge in [-0.05, 0) is 18.2 Å². The number of alkyl halides is 1. The quantitative estimate of drug-likeness (QED) is 0.736. The Morgan fingerprint density at radius 2 is 2.13 bits per heavy atom. The Labute approximate surface area is 109 Å². The fraction of sp³-hybridized carbons (Fsp3) is 0.100. The smallest absolute Gasteiger partial charge is 0.147 e. The molecule has 0 radical (unpaired) electrons. The molecule has 0 aliphatic carbocycles. The van der Waals surface area contributed by atoms with E-state index in [9.17, 15) is 0 Å². The van der Waals surface area contributed by atoms with Crippen LogP contribution < -0.4 is 0 Å². The van der Waals surface area contributed by atoms with Gasteiger partial charge in [-0.3, -0.25) is 0 Å². The van der Waals surface area contributed by atoms with E-state index in [0.717, 1.165) is 21.5 Å². The molecule has 78 valence electrons. The molecule has 0 bridgehead atoms. The van der Waals surface area contributed by atoms with Crippen LogP contribution in [0.15, 0.2) is 33.3 Å². The van der Waals surface area contributed by atoms with Crippen LogP contribution in [0.1, 0.15) is 5.76 Å². The van der Waals surface area contributed by atoms with Gasteiger partial charge in [-0.1, -0.05) is 48.6 Å². The predicted molar refractivity (Wildman–Crippen MR) is 67.3 cm³/mol. The summed E-state index contributed by atoms with van der Waals surface area (Å²) in [5.74, 6) is 0.779. The van der Waals surface area contributed by atoms with Crippen LogP contribution in [0, 0.1) is 0 Å². The highest BCUT2D eigenvalue weighted by atomic mass is 79.9. The van der Waals surface area contributed by atoms with Gasteiger partial charge < -0.3 is 4.52 Å². The zero-order chi connectivity index (χ0) is 10.8. The monoisotopic (exact) mass is 349 g/mol. The summed E-state index contributed by atoms with van der Waals surface area (Å²) in [7, 11) is 0. The minimum absolute atomic E-state index is 0.644. The van der Waals surface area contributed by atoms with Crippen LogP contribution in [0.25, 0.3) is 11.3 Å². The molecule has 0 atom stereocenters. The highest BCUT2D eigenvalue weighted by Gasteiger charge is 2.09. The van der Waals surface area contributed by atoms with Crippen molar-refractivity contribution in [2.75, 3.05) is 0 Å². The summed E-state index contributed by atoms with van der Waals surface area (Å²) in [6.45, 7) is 0. The van der Waals surface area contributed by atoms with E-state index in [-0.39, 0.29) is 0 Å². The summed E-state index contributed by atoms with van der Waals surface area (Å²) in [6, 6.07) is 7.49. The van der Waals surface area contributed by atoms with Crippen LogP contribution in [-0.2, 0) is 5.33 Å². The first-order valence-corrected chi connectivity index (χ1v) is 6.47. The third kappa shape index (κ3) is 2.44. The van der Waals surface area contributed by atoms with Crippen molar-refractivity contribution in [1.82, 2.24) is 5.16 Å². The van der Waals surface area contributed by atoms with Crippen LogP contribution in [-0.4, -0.2) is 5.16 Å². The van der Waals surface area contributed by atoms with E-state index in [2.05, 4.69) is 37.0 Å². The molecule has 0 saturated heterocycles. The molecule has 2 nitrogen and oxygen atoms in total. The molecule has 2 rings (SSSR count). The van der Waals surface area contributed by atoms with Crippen LogP contribution >= 0.6 is 43.5 Å². The predicted octanol–water partition coefficient (Wildman–Crippen LogP) is 4.65. The minimum Gasteiger partial charge on any atom is -0.360 e. The van der Waals surface area contributed by atoms with Gasteiger partial charge in [0.15, 0.2) is 0 Å². The highest BCUT2D eigenvalue weighted by Crippen LogP contribution is 2.30. The zero-order valence-corrected chi connectivity index (χ0v) is 11.4. The Kier molecular flexibility index (Phi) is 3.49. The second-order valence-corrected chi connectivity index (χ2v) is 4.82. The van der Waals surface area contributed by atoms with E-state index >= 15 is 0 Å². The lowest BCUT2D eigenvalue weighted by Gasteiger charge is -1.99. The van der Waals surface area contributed by atoms with Crippen molar-refractivity contribution in [1.29, 1.82) is 0 Å². The Bertz CT molecular complexity index is 484. The summed E-state index contributed by atoms with van der Waals surface area (Å²) in [5.41, 5.74) is 1.61. The first-order chi connectivity index (χ1) is 7.20. The van der Waals surface area contributed by atoms with Crippen LogP contribution in [0.3, 0.4) is 0 Å². The van der Waals surface area contributed by atoms with E-state index in [0.29, 0.717) is 10.4 Å². The molecule has 15 heavy (non-hydrogen) atoms. The number of rotatable bonds is 2. The molecule has 2 aromatic rings. The average molecular weight is 351 g/mol. The maximum Gasteiger partial charge on any atom is 0.147 e. The third-order valence-corrected chi connectivity index (χ3v) is 3.27. The van der Waals surface area contributed by atoms with Crippen molar-refractivity contribution in [2.45, 2.75) is 5.33 Å². The van der Waals surface area contributed by atoms with Gasteiger partial charge in [-0.15, -0.1) is 0 Å². The zero-order valence-electron chi connectivity index (χ0n) is 7.51. The maximum absolute atomic E-state index is 6.07. The molecule has 0 N–H and O–H groups in total. The van der Waals surface area contributed by atoms with Gasteiger partial charge in [0.1, 0.15) is 11.5 Å². The molecule has 1 aromatic heterocycles. The SMILES string of the molecule is Clc1ccc(Br)cc1-c1cc(CBr)on1. The Morgan fingerprint density at radius 3 is 2.80 bits per heavy atom. The topological polar surface area (TPSA) is 26.0 Å². The normalized spacial score (nSPS) is 10.6. The Balaban J connectivity index is 2.48. The Hall–Kier alpha value is -0.320. The fourth-order valence-corrected chi connectivity index (χ4v) is 2.04. The Morgan fingerprint density at radius 1 is 1.33 bits per heavy atom. The molecule has 0 saturated carbocycles. The second-order valence-electron chi connectivity index (χ2n) is 2.94. The van der Waals surface area contributed by atoms with Crippen LogP contribution in [0.4, 0.5) is 0 Å². The average Bonchev–Trinajstić information content (AvgIpc) is 2.70. The van der Waals surface area contributed by atoms with E-state index < -0.39 is 0 Å². The molecule has 0 aliphatic heterocycles. The molecule has 0 amide bonds. The van der Waals surface area contributed by atoms with Crippen molar-refractivity contribution >= 4 is 43.5 Å². The molecule has 0 unspecified atom stereocenters. The first-order valence-electron chi connectivity index (χ1n) is 4.17. The van der Waals surface area contributed by atoms with Gasteiger partial charge in [-0.25, -0.2) is 0 Å². The van der Waals surface area contributed by atoms with Gasteiger partial charge in [0, 0.05) is 16.1 Å². The third-order valence-electron chi connectivity index (χ3n) is 1.90. The molecule has 5 heteroatoms. The number of benzene rings is 1. The summed E-state index contributed by atoms with van der Waals surface area (Å²) in [6.07, 6.45) is 0. The molecule has 0 aliphatic rings. The molecule has 1 heterocycles.